The zero-order valence-corrected chi connectivity index (χ0v) is 12.3. The molecule has 2 rings (SSSR count). The van der Waals surface area contributed by atoms with Gasteiger partial charge in [-0.3, -0.25) is 9.48 Å². The monoisotopic (exact) mass is 264 g/mol. The van der Waals surface area contributed by atoms with Gasteiger partial charge in [0.05, 0.1) is 12.2 Å². The number of likely N-dealkylation sites (tertiary alicyclic amines) is 1. The lowest BCUT2D eigenvalue weighted by Gasteiger charge is -2.40. The Morgan fingerprint density at radius 2 is 2.21 bits per heavy atom. The second-order valence-electron chi connectivity index (χ2n) is 5.90. The van der Waals surface area contributed by atoms with E-state index in [1.54, 1.807) is 0 Å². The Bertz CT molecular complexity index is 466. The zero-order chi connectivity index (χ0) is 14.2. The Morgan fingerprint density at radius 3 is 2.74 bits per heavy atom. The summed E-state index contributed by atoms with van der Waals surface area (Å²) in [7, 11) is 1.92. The van der Waals surface area contributed by atoms with Gasteiger partial charge in [0.2, 0.25) is 5.91 Å². The summed E-state index contributed by atoms with van der Waals surface area (Å²) in [5.74, 6) is 0.650. The molecule has 2 heterocycles. The molecule has 0 radical (unpaired) electrons. The van der Waals surface area contributed by atoms with Crippen LogP contribution in [0.15, 0.2) is 6.20 Å². The Balaban J connectivity index is 2.36. The second-order valence-corrected chi connectivity index (χ2v) is 5.90. The fourth-order valence-corrected chi connectivity index (χ4v) is 2.79. The number of carbonyl (C=O) groups is 1. The van der Waals surface area contributed by atoms with Crippen LogP contribution in [0.25, 0.3) is 0 Å². The third-order valence-corrected chi connectivity index (χ3v) is 3.91. The zero-order valence-electron chi connectivity index (χ0n) is 12.3. The van der Waals surface area contributed by atoms with Gasteiger partial charge in [-0.25, -0.2) is 0 Å². The van der Waals surface area contributed by atoms with Crippen molar-refractivity contribution in [2.24, 2.45) is 18.7 Å². The molecule has 1 aliphatic rings. The fraction of sp³-hybridized carbons (Fsp3) is 0.714. The van der Waals surface area contributed by atoms with Crippen LogP contribution < -0.4 is 5.73 Å². The predicted molar refractivity (Wildman–Crippen MR) is 74.4 cm³/mol. The summed E-state index contributed by atoms with van der Waals surface area (Å²) in [6, 6.07) is -0.0308. The third-order valence-electron chi connectivity index (χ3n) is 3.91. The Hall–Kier alpha value is -1.36. The molecule has 0 bridgehead atoms. The summed E-state index contributed by atoms with van der Waals surface area (Å²) >= 11 is 0. The molecule has 5 nitrogen and oxygen atoms in total. The van der Waals surface area contributed by atoms with E-state index in [1.165, 1.54) is 0 Å². The topological polar surface area (TPSA) is 64.2 Å². The molecule has 1 aromatic heterocycles. The van der Waals surface area contributed by atoms with Crippen LogP contribution in [0, 0.1) is 12.8 Å². The maximum Gasteiger partial charge on any atom is 0.223 e. The molecule has 106 valence electrons. The lowest BCUT2D eigenvalue weighted by molar-refractivity contribution is -0.138. The number of nitrogens with two attached hydrogens (primary N) is 1. The molecule has 1 saturated heterocycles. The summed E-state index contributed by atoms with van der Waals surface area (Å²) in [5.41, 5.74) is 8.46. The van der Waals surface area contributed by atoms with E-state index in [4.69, 9.17) is 5.73 Å². The van der Waals surface area contributed by atoms with Crippen LogP contribution in [0.5, 0.6) is 0 Å². The number of amides is 1. The number of aromatic nitrogens is 2. The van der Waals surface area contributed by atoms with Crippen LogP contribution in [0.2, 0.25) is 0 Å². The van der Waals surface area contributed by atoms with Crippen molar-refractivity contribution in [3.05, 3.63) is 17.5 Å². The molecule has 2 unspecified atom stereocenters. The number of carbonyl (C=O) groups excluding carboxylic acids is 1. The maximum absolute atomic E-state index is 12.2. The first kappa shape index (κ1) is 14.1. The molecule has 1 fully saturated rings. The molecule has 0 aliphatic carbocycles. The first-order valence-electron chi connectivity index (χ1n) is 6.95. The lowest BCUT2D eigenvalue weighted by Crippen LogP contribution is -2.50. The summed E-state index contributed by atoms with van der Waals surface area (Å²) in [5, 5.41) is 4.29. The fourth-order valence-electron chi connectivity index (χ4n) is 2.79. The van der Waals surface area contributed by atoms with Gasteiger partial charge >= 0.3 is 0 Å². The molecule has 2 N–H and O–H groups in total. The molecule has 2 atom stereocenters. The summed E-state index contributed by atoms with van der Waals surface area (Å²) in [6.07, 6.45) is 3.17. The largest absolute Gasteiger partial charge is 0.334 e. The van der Waals surface area contributed by atoms with E-state index in [2.05, 4.69) is 18.9 Å². The number of nitrogens with zero attached hydrogens (tertiary/aromatic N) is 3. The van der Waals surface area contributed by atoms with E-state index in [9.17, 15) is 4.79 Å². The van der Waals surface area contributed by atoms with Gasteiger partial charge < -0.3 is 10.6 Å². The van der Waals surface area contributed by atoms with Crippen molar-refractivity contribution in [2.75, 3.05) is 6.54 Å². The van der Waals surface area contributed by atoms with Crippen LogP contribution >= 0.6 is 0 Å². The number of rotatable bonds is 3. The minimum Gasteiger partial charge on any atom is -0.334 e. The van der Waals surface area contributed by atoms with Gasteiger partial charge in [0.1, 0.15) is 0 Å². The van der Waals surface area contributed by atoms with Crippen LogP contribution in [0.3, 0.4) is 0 Å². The number of hydrogen-bond acceptors (Lipinski definition) is 3. The summed E-state index contributed by atoms with van der Waals surface area (Å²) < 4.78 is 1.84. The molecule has 0 spiro atoms. The molecule has 1 amide bonds. The smallest absolute Gasteiger partial charge is 0.223 e. The maximum atomic E-state index is 12.2. The van der Waals surface area contributed by atoms with Crippen LogP contribution in [-0.4, -0.2) is 33.2 Å². The molecule has 0 aromatic carbocycles. The number of piperidine rings is 1. The van der Waals surface area contributed by atoms with E-state index in [1.807, 2.05) is 29.7 Å². The molecule has 5 heteroatoms. The molecule has 1 aliphatic heterocycles. The van der Waals surface area contributed by atoms with Crippen LogP contribution in [0.4, 0.5) is 0 Å². The van der Waals surface area contributed by atoms with Crippen molar-refractivity contribution in [1.82, 2.24) is 14.7 Å². The highest BCUT2D eigenvalue weighted by molar-refractivity contribution is 5.78. The minimum absolute atomic E-state index is 0.000602. The average molecular weight is 264 g/mol. The van der Waals surface area contributed by atoms with Crippen molar-refractivity contribution in [3.63, 3.8) is 0 Å². The van der Waals surface area contributed by atoms with Gasteiger partial charge in [0.15, 0.2) is 0 Å². The molecular formula is C14H24N4O. The Labute approximate surface area is 114 Å². The van der Waals surface area contributed by atoms with E-state index < -0.39 is 0 Å². The van der Waals surface area contributed by atoms with Crippen molar-refractivity contribution in [2.45, 2.75) is 45.7 Å². The van der Waals surface area contributed by atoms with Gasteiger partial charge in [-0.15, -0.1) is 0 Å². The van der Waals surface area contributed by atoms with E-state index in [0.29, 0.717) is 12.3 Å². The van der Waals surface area contributed by atoms with Crippen molar-refractivity contribution in [1.29, 1.82) is 0 Å². The van der Waals surface area contributed by atoms with Gasteiger partial charge in [-0.1, -0.05) is 13.8 Å². The normalized spacial score (nSPS) is 24.3. The third kappa shape index (κ3) is 2.66. The van der Waals surface area contributed by atoms with Gasteiger partial charge in [-0.05, 0) is 19.3 Å². The average Bonchev–Trinajstić information content (AvgIpc) is 2.65. The van der Waals surface area contributed by atoms with Crippen molar-refractivity contribution >= 4 is 5.91 Å². The van der Waals surface area contributed by atoms with Crippen molar-refractivity contribution < 1.29 is 4.79 Å². The highest BCUT2D eigenvalue weighted by atomic mass is 16.2. The SMILES string of the molecule is Cc1c(C2C(N)CCC(=O)N2CC(C)C)cnn1C. The standard InChI is InChI=1S/C14H24N4O/c1-9(2)8-18-13(19)6-5-12(15)14(18)11-7-16-17(4)10(11)3/h7,9,12,14H,5-6,8,15H2,1-4H3. The van der Waals surface area contributed by atoms with E-state index in [-0.39, 0.29) is 18.0 Å². The molecule has 1 aromatic rings. The Kier molecular flexibility index (Phi) is 3.94. The number of hydrogen-bond donors (Lipinski definition) is 1. The van der Waals surface area contributed by atoms with Gasteiger partial charge in [0.25, 0.3) is 0 Å². The Morgan fingerprint density at radius 1 is 1.53 bits per heavy atom. The first-order valence-corrected chi connectivity index (χ1v) is 6.95. The lowest BCUT2D eigenvalue weighted by atomic mass is 9.90. The molecule has 19 heavy (non-hydrogen) atoms. The second kappa shape index (κ2) is 5.33. The molecule has 0 saturated carbocycles. The minimum atomic E-state index is -0.0302. The number of aryl methyl sites for hydroxylation is 1. The first-order chi connectivity index (χ1) is 8.91. The van der Waals surface area contributed by atoms with Gasteiger partial charge in [-0.2, -0.15) is 5.10 Å². The summed E-state index contributed by atoms with van der Waals surface area (Å²) in [4.78, 5) is 14.2. The van der Waals surface area contributed by atoms with E-state index in [0.717, 1.165) is 24.2 Å². The van der Waals surface area contributed by atoms with Gasteiger partial charge in [0, 0.05) is 37.3 Å². The highest BCUT2D eigenvalue weighted by Crippen LogP contribution is 2.33. The quantitative estimate of drug-likeness (QED) is 0.897. The van der Waals surface area contributed by atoms with Crippen LogP contribution in [0.1, 0.15) is 44.0 Å². The highest BCUT2D eigenvalue weighted by Gasteiger charge is 2.36. The van der Waals surface area contributed by atoms with Crippen LogP contribution in [-0.2, 0) is 11.8 Å². The van der Waals surface area contributed by atoms with E-state index >= 15 is 0 Å². The molecular weight excluding hydrogens is 240 g/mol. The van der Waals surface area contributed by atoms with Crippen molar-refractivity contribution in [3.8, 4) is 0 Å². The predicted octanol–water partition coefficient (Wildman–Crippen LogP) is 1.38. The summed E-state index contributed by atoms with van der Waals surface area (Å²) in [6.45, 7) is 7.04.